The van der Waals surface area contributed by atoms with E-state index in [9.17, 15) is 0 Å². The van der Waals surface area contributed by atoms with Gasteiger partial charge < -0.3 is 8.83 Å². The van der Waals surface area contributed by atoms with Crippen LogP contribution in [0.25, 0.3) is 33.5 Å². The molecule has 0 unspecified atom stereocenters. The highest BCUT2D eigenvalue weighted by molar-refractivity contribution is 6.20. The molecular weight excluding hydrogens is 152 g/mol. The fourth-order valence-corrected chi connectivity index (χ4v) is 1.19. The number of benzene rings is 1. The highest BCUT2D eigenvalue weighted by Gasteiger charge is 2.32. The van der Waals surface area contributed by atoms with Crippen LogP contribution in [0.5, 0.6) is 0 Å². The summed E-state index contributed by atoms with van der Waals surface area (Å²) in [6.07, 6.45) is 0. The fourth-order valence-electron chi connectivity index (χ4n) is 1.19. The SMILES string of the molecule is o1oc2c3oc3c(o1)c1oc21. The van der Waals surface area contributed by atoms with Crippen molar-refractivity contribution in [1.82, 2.24) is 0 Å². The second-order valence-corrected chi connectivity index (χ2v) is 2.41. The van der Waals surface area contributed by atoms with E-state index in [-0.39, 0.29) is 0 Å². The summed E-state index contributed by atoms with van der Waals surface area (Å²) < 4.78 is 23.9. The summed E-state index contributed by atoms with van der Waals surface area (Å²) in [6, 6.07) is 0. The second-order valence-electron chi connectivity index (χ2n) is 2.41. The van der Waals surface area contributed by atoms with Gasteiger partial charge in [0.2, 0.25) is 22.3 Å². The lowest BCUT2D eigenvalue weighted by Crippen LogP contribution is -1.49. The van der Waals surface area contributed by atoms with E-state index in [1.807, 2.05) is 0 Å². The van der Waals surface area contributed by atoms with Gasteiger partial charge in [0.25, 0.3) is 11.2 Å². The molecule has 0 aliphatic rings. The third kappa shape index (κ3) is 0.306. The number of hydrogen-bond donors (Lipinski definition) is 0. The molecule has 0 spiro atoms. The Morgan fingerprint density at radius 1 is 0.545 bits per heavy atom. The van der Waals surface area contributed by atoms with E-state index in [2.05, 4.69) is 4.74 Å². The van der Waals surface area contributed by atoms with Gasteiger partial charge in [0.15, 0.2) is 0 Å². The van der Waals surface area contributed by atoms with Crippen LogP contribution in [0.2, 0.25) is 0 Å². The van der Waals surface area contributed by atoms with Crippen LogP contribution in [0.1, 0.15) is 0 Å². The van der Waals surface area contributed by atoms with Crippen molar-refractivity contribution in [2.45, 2.75) is 0 Å². The first-order valence-electron chi connectivity index (χ1n) is 3.06. The molecule has 0 radical (unpaired) electrons. The van der Waals surface area contributed by atoms with Gasteiger partial charge in [-0.3, -0.25) is 0 Å². The maximum absolute atomic E-state index is 5.05. The number of hydrogen-bond acceptors (Lipinski definition) is 5. The van der Waals surface area contributed by atoms with Gasteiger partial charge in [-0.25, -0.2) is 9.15 Å². The molecule has 4 aromatic heterocycles. The maximum atomic E-state index is 5.05. The van der Waals surface area contributed by atoms with Crippen LogP contribution in [0.3, 0.4) is 0 Å². The molecule has 0 saturated carbocycles. The Morgan fingerprint density at radius 2 is 1.00 bits per heavy atom. The monoisotopic (exact) mass is 152 g/mol. The molecule has 5 heteroatoms. The van der Waals surface area contributed by atoms with E-state index in [1.54, 1.807) is 0 Å². The lowest BCUT2D eigenvalue weighted by atomic mass is 10.3. The molecule has 11 heavy (non-hydrogen) atoms. The third-order valence-electron chi connectivity index (χ3n) is 1.80. The van der Waals surface area contributed by atoms with Crippen molar-refractivity contribution >= 4 is 33.5 Å². The Balaban J connectivity index is 2.71. The van der Waals surface area contributed by atoms with E-state index in [1.165, 1.54) is 0 Å². The van der Waals surface area contributed by atoms with Gasteiger partial charge in [-0.2, -0.15) is 0 Å². The van der Waals surface area contributed by atoms with Crippen molar-refractivity contribution in [3.63, 3.8) is 0 Å². The first-order valence-corrected chi connectivity index (χ1v) is 3.06. The van der Waals surface area contributed by atoms with Crippen molar-refractivity contribution in [1.29, 1.82) is 0 Å². The lowest BCUT2D eigenvalue weighted by molar-refractivity contribution is -0.156. The first kappa shape index (κ1) is 4.17. The molecule has 0 aliphatic heterocycles. The largest absolute Gasteiger partial charge is 0.441 e. The van der Waals surface area contributed by atoms with Gasteiger partial charge in [-0.15, -0.1) is 0 Å². The van der Waals surface area contributed by atoms with Crippen LogP contribution in [0.4, 0.5) is 0 Å². The van der Waals surface area contributed by atoms with Gasteiger partial charge in [-0.1, -0.05) is 4.74 Å². The number of fused-ring (bicyclic) bond motifs is 2. The van der Waals surface area contributed by atoms with Crippen LogP contribution < -0.4 is 0 Å². The minimum absolute atomic E-state index is 0.483. The van der Waals surface area contributed by atoms with E-state index >= 15 is 0 Å². The van der Waals surface area contributed by atoms with Gasteiger partial charge in [0, 0.05) is 0 Å². The van der Waals surface area contributed by atoms with E-state index in [0.29, 0.717) is 33.5 Å². The van der Waals surface area contributed by atoms with Crippen LogP contribution in [0, 0.1) is 0 Å². The van der Waals surface area contributed by atoms with Gasteiger partial charge >= 0.3 is 0 Å². The Labute approximate surface area is 57.3 Å². The molecule has 0 fully saturated rings. The molecule has 4 heterocycles. The van der Waals surface area contributed by atoms with Crippen molar-refractivity contribution in [3.8, 4) is 0 Å². The van der Waals surface area contributed by atoms with Crippen molar-refractivity contribution in [2.75, 3.05) is 0 Å². The smallest absolute Gasteiger partial charge is 0.275 e. The predicted molar refractivity (Wildman–Crippen MR) is 31.5 cm³/mol. The van der Waals surface area contributed by atoms with Crippen LogP contribution in [0.15, 0.2) is 22.7 Å². The van der Waals surface area contributed by atoms with Crippen LogP contribution in [-0.2, 0) is 0 Å². The first-order chi connectivity index (χ1) is 5.45. The summed E-state index contributed by atoms with van der Waals surface area (Å²) in [5.74, 6) is 0. The second kappa shape index (κ2) is 0.952. The molecule has 0 N–H and O–H groups in total. The Bertz CT molecular complexity index is 529. The van der Waals surface area contributed by atoms with Crippen LogP contribution >= 0.6 is 0 Å². The molecule has 54 valence electrons. The van der Waals surface area contributed by atoms with E-state index in [0.717, 1.165) is 0 Å². The van der Waals surface area contributed by atoms with Crippen molar-refractivity contribution in [3.05, 3.63) is 0 Å². The Kier molecular flexibility index (Phi) is 0.361. The molecular formula is C6O5. The molecule has 5 nitrogen and oxygen atoms in total. The number of rotatable bonds is 0. The molecule has 0 aliphatic carbocycles. The molecule has 0 saturated heterocycles. The molecule has 5 rings (SSSR count). The Hall–Kier alpha value is -1.78. The summed E-state index contributed by atoms with van der Waals surface area (Å²) in [7, 11) is 0. The summed E-state index contributed by atoms with van der Waals surface area (Å²) >= 11 is 0. The Morgan fingerprint density at radius 3 is 1.45 bits per heavy atom. The van der Waals surface area contributed by atoms with E-state index < -0.39 is 0 Å². The van der Waals surface area contributed by atoms with Crippen molar-refractivity contribution < 1.29 is 22.7 Å². The predicted octanol–water partition coefficient (Wildman–Crippen LogP) is 2.55. The maximum Gasteiger partial charge on any atom is 0.275 e. The normalized spacial score (nSPS) is 13.5. The van der Waals surface area contributed by atoms with Gasteiger partial charge in [0.05, 0.1) is 0 Å². The minimum Gasteiger partial charge on any atom is -0.441 e. The quantitative estimate of drug-likeness (QED) is 0.362. The molecule has 5 aromatic rings. The standard InChI is InChI=1S/C6O5/c7-1-2(7)6-4-3(8-4)5(1)9-11-10-6. The van der Waals surface area contributed by atoms with Crippen LogP contribution in [-0.4, -0.2) is 0 Å². The molecule has 2 bridgehead atoms. The fraction of sp³-hybridized carbons (Fsp3) is 0. The highest BCUT2D eigenvalue weighted by Crippen LogP contribution is 2.46. The summed E-state index contributed by atoms with van der Waals surface area (Å²) in [6.45, 7) is 0. The summed E-state index contributed by atoms with van der Waals surface area (Å²) in [5.41, 5.74) is 3.61. The average molecular weight is 152 g/mol. The summed E-state index contributed by atoms with van der Waals surface area (Å²) in [5, 5.41) is 0. The molecule has 0 atom stereocenters. The zero-order chi connectivity index (χ0) is 7.00. The zero-order valence-electron chi connectivity index (χ0n) is 5.04. The average Bonchev–Trinajstić information content (AvgIpc) is 2.79. The van der Waals surface area contributed by atoms with Gasteiger partial charge in [0.1, 0.15) is 0 Å². The topological polar surface area (TPSA) is 65.7 Å². The van der Waals surface area contributed by atoms with Gasteiger partial charge in [-0.05, 0) is 0 Å². The molecule has 1 aromatic carbocycles. The summed E-state index contributed by atoms with van der Waals surface area (Å²) in [4.78, 5) is 0. The van der Waals surface area contributed by atoms with E-state index in [4.69, 9.17) is 18.0 Å². The lowest BCUT2D eigenvalue weighted by Gasteiger charge is -1.67. The third-order valence-corrected chi connectivity index (χ3v) is 1.80. The highest BCUT2D eigenvalue weighted by atomic mass is 17.2. The molecule has 0 amide bonds. The van der Waals surface area contributed by atoms with Crippen molar-refractivity contribution in [2.24, 2.45) is 0 Å². The zero-order valence-corrected chi connectivity index (χ0v) is 5.04. The minimum atomic E-state index is 0.483.